The molecule has 2 rings (SSSR count). The number of nitrogens with one attached hydrogen (secondary N) is 1. The van der Waals surface area contributed by atoms with Crippen LogP contribution in [0.25, 0.3) is 0 Å². The minimum Gasteiger partial charge on any atom is -0.375 e. The first-order valence-corrected chi connectivity index (χ1v) is 7.97. The Hall–Kier alpha value is -0.380. The van der Waals surface area contributed by atoms with Crippen LogP contribution in [-0.4, -0.2) is 18.2 Å². The number of hydrogen-bond acceptors (Lipinski definition) is 2. The average molecular weight is 326 g/mol. The summed E-state index contributed by atoms with van der Waals surface area (Å²) in [6.07, 6.45) is 3.29. The second-order valence-corrected chi connectivity index (χ2v) is 6.70. The average Bonchev–Trinajstić information content (AvgIpc) is 2.39. The van der Waals surface area contributed by atoms with Crippen LogP contribution in [0.15, 0.2) is 28.7 Å². The molecule has 0 aliphatic carbocycles. The maximum Gasteiger partial charge on any atom is 0.0666 e. The molecule has 2 nitrogen and oxygen atoms in total. The van der Waals surface area contributed by atoms with E-state index in [4.69, 9.17) is 4.74 Å². The van der Waals surface area contributed by atoms with Crippen molar-refractivity contribution in [3.05, 3.63) is 34.3 Å². The van der Waals surface area contributed by atoms with Gasteiger partial charge in [-0.2, -0.15) is 0 Å². The molecule has 0 radical (unpaired) electrons. The van der Waals surface area contributed by atoms with E-state index in [0.29, 0.717) is 12.1 Å². The third-order valence-electron chi connectivity index (χ3n) is 4.20. The largest absolute Gasteiger partial charge is 0.375 e. The molecule has 0 saturated carbocycles. The fourth-order valence-electron chi connectivity index (χ4n) is 2.72. The third kappa shape index (κ3) is 4.04. The maximum atomic E-state index is 5.90. The Bertz CT molecular complexity index is 406. The molecule has 1 N–H and O–H groups in total. The molecule has 2 unspecified atom stereocenters. The summed E-state index contributed by atoms with van der Waals surface area (Å²) in [6.45, 7) is 7.54. The van der Waals surface area contributed by atoms with E-state index < -0.39 is 0 Å². The molecule has 0 aromatic heterocycles. The number of hydrogen-bond donors (Lipinski definition) is 1. The molecule has 1 aliphatic heterocycles. The van der Waals surface area contributed by atoms with Crippen LogP contribution in [0.1, 0.15) is 51.6 Å². The van der Waals surface area contributed by atoms with Crippen molar-refractivity contribution >= 4 is 15.9 Å². The number of rotatable bonds is 4. The summed E-state index contributed by atoms with van der Waals surface area (Å²) in [5.74, 6) is 0. The molecular formula is C16H24BrNO. The van der Waals surface area contributed by atoms with Crippen molar-refractivity contribution in [3.8, 4) is 0 Å². The molecule has 1 fully saturated rings. The third-order valence-corrected chi connectivity index (χ3v) is 4.73. The Kier molecular flexibility index (Phi) is 5.04. The summed E-state index contributed by atoms with van der Waals surface area (Å²) in [5.41, 5.74) is 1.39. The molecule has 3 atom stereocenters. The lowest BCUT2D eigenvalue weighted by molar-refractivity contribution is -0.0789. The van der Waals surface area contributed by atoms with E-state index in [0.717, 1.165) is 30.3 Å². The van der Waals surface area contributed by atoms with Crippen molar-refractivity contribution in [2.75, 3.05) is 6.61 Å². The first kappa shape index (κ1) is 15.0. The van der Waals surface area contributed by atoms with Gasteiger partial charge in [0.2, 0.25) is 0 Å². The number of halogens is 1. The Morgan fingerprint density at radius 1 is 1.42 bits per heavy atom. The molecule has 3 heteroatoms. The number of benzene rings is 1. The van der Waals surface area contributed by atoms with Crippen LogP contribution < -0.4 is 5.32 Å². The van der Waals surface area contributed by atoms with E-state index in [-0.39, 0.29) is 5.60 Å². The predicted octanol–water partition coefficient (Wildman–Crippen LogP) is 4.45. The molecule has 1 heterocycles. The topological polar surface area (TPSA) is 21.3 Å². The Morgan fingerprint density at radius 3 is 2.74 bits per heavy atom. The summed E-state index contributed by atoms with van der Waals surface area (Å²) in [5, 5.41) is 3.75. The van der Waals surface area contributed by atoms with Gasteiger partial charge in [-0.05, 0) is 50.8 Å². The summed E-state index contributed by atoms with van der Waals surface area (Å²) in [7, 11) is 0. The van der Waals surface area contributed by atoms with Gasteiger partial charge in [0, 0.05) is 23.2 Å². The van der Waals surface area contributed by atoms with Crippen LogP contribution in [0.5, 0.6) is 0 Å². The minimum atomic E-state index is 0.0509. The minimum absolute atomic E-state index is 0.0509. The van der Waals surface area contributed by atoms with Crippen molar-refractivity contribution in [1.82, 2.24) is 5.32 Å². The van der Waals surface area contributed by atoms with Gasteiger partial charge in [0.25, 0.3) is 0 Å². The highest BCUT2D eigenvalue weighted by atomic mass is 79.9. The van der Waals surface area contributed by atoms with Gasteiger partial charge in [-0.1, -0.05) is 35.0 Å². The van der Waals surface area contributed by atoms with Crippen LogP contribution in [0, 0.1) is 0 Å². The van der Waals surface area contributed by atoms with Crippen LogP contribution in [0.3, 0.4) is 0 Å². The van der Waals surface area contributed by atoms with Crippen LogP contribution in [-0.2, 0) is 4.74 Å². The molecule has 0 spiro atoms. The van der Waals surface area contributed by atoms with Gasteiger partial charge in [0.15, 0.2) is 0 Å². The van der Waals surface area contributed by atoms with E-state index in [1.54, 1.807) is 0 Å². The van der Waals surface area contributed by atoms with Crippen LogP contribution >= 0.6 is 15.9 Å². The molecular weight excluding hydrogens is 302 g/mol. The zero-order chi connectivity index (χ0) is 13.9. The van der Waals surface area contributed by atoms with E-state index in [9.17, 15) is 0 Å². The summed E-state index contributed by atoms with van der Waals surface area (Å²) in [4.78, 5) is 0. The summed E-state index contributed by atoms with van der Waals surface area (Å²) < 4.78 is 7.03. The Balaban J connectivity index is 1.95. The van der Waals surface area contributed by atoms with Crippen molar-refractivity contribution in [2.45, 2.75) is 57.7 Å². The zero-order valence-corrected chi connectivity index (χ0v) is 13.7. The molecule has 106 valence electrons. The smallest absolute Gasteiger partial charge is 0.0666 e. The maximum absolute atomic E-state index is 5.90. The van der Waals surface area contributed by atoms with Gasteiger partial charge in [-0.25, -0.2) is 0 Å². The van der Waals surface area contributed by atoms with Gasteiger partial charge < -0.3 is 10.1 Å². The van der Waals surface area contributed by atoms with Gasteiger partial charge in [0.05, 0.1) is 5.60 Å². The van der Waals surface area contributed by atoms with Crippen molar-refractivity contribution in [2.24, 2.45) is 0 Å². The van der Waals surface area contributed by atoms with Crippen molar-refractivity contribution < 1.29 is 4.74 Å². The van der Waals surface area contributed by atoms with E-state index >= 15 is 0 Å². The van der Waals surface area contributed by atoms with Crippen LogP contribution in [0.4, 0.5) is 0 Å². The lowest BCUT2D eigenvalue weighted by atomic mass is 9.89. The van der Waals surface area contributed by atoms with E-state index in [1.807, 2.05) is 0 Å². The summed E-state index contributed by atoms with van der Waals surface area (Å²) >= 11 is 3.48. The fourth-order valence-corrected chi connectivity index (χ4v) is 2.98. The molecule has 1 aromatic rings. The highest BCUT2D eigenvalue weighted by molar-refractivity contribution is 9.10. The molecule has 0 bridgehead atoms. The van der Waals surface area contributed by atoms with Gasteiger partial charge in [-0.3, -0.25) is 0 Å². The number of ether oxygens (including phenoxy) is 1. The van der Waals surface area contributed by atoms with Gasteiger partial charge >= 0.3 is 0 Å². The van der Waals surface area contributed by atoms with Crippen LogP contribution in [0.2, 0.25) is 0 Å². The van der Waals surface area contributed by atoms with E-state index in [2.05, 4.69) is 66.3 Å². The molecule has 1 saturated heterocycles. The lowest BCUT2D eigenvalue weighted by Crippen LogP contribution is -2.45. The molecule has 1 aliphatic rings. The second-order valence-electron chi connectivity index (χ2n) is 5.78. The quantitative estimate of drug-likeness (QED) is 0.883. The first-order valence-electron chi connectivity index (χ1n) is 7.18. The summed E-state index contributed by atoms with van der Waals surface area (Å²) in [6, 6.07) is 9.51. The van der Waals surface area contributed by atoms with Gasteiger partial charge in [-0.15, -0.1) is 0 Å². The normalized spacial score (nSPS) is 29.2. The predicted molar refractivity (Wildman–Crippen MR) is 83.4 cm³/mol. The standard InChI is InChI=1S/C16H24BrNO/c1-4-16(3)11-15(9-10-19-16)18-12(2)13-5-7-14(17)8-6-13/h5-8,12,15,18H,4,9-11H2,1-3H3/t12-,15?,16?/m1/s1. The van der Waals surface area contributed by atoms with Crippen molar-refractivity contribution in [1.29, 1.82) is 0 Å². The Morgan fingerprint density at radius 2 is 2.11 bits per heavy atom. The first-order chi connectivity index (χ1) is 9.02. The highest BCUT2D eigenvalue weighted by Crippen LogP contribution is 2.29. The molecule has 19 heavy (non-hydrogen) atoms. The lowest BCUT2D eigenvalue weighted by Gasteiger charge is -2.39. The monoisotopic (exact) mass is 325 g/mol. The van der Waals surface area contributed by atoms with Crippen molar-refractivity contribution in [3.63, 3.8) is 0 Å². The SMILES string of the molecule is CCC1(C)CC(N[C@H](C)c2ccc(Br)cc2)CCO1. The fraction of sp³-hybridized carbons (Fsp3) is 0.625. The zero-order valence-electron chi connectivity index (χ0n) is 12.1. The molecule has 0 amide bonds. The van der Waals surface area contributed by atoms with E-state index in [1.165, 1.54) is 5.56 Å². The second kappa shape index (κ2) is 6.38. The molecule has 1 aromatic carbocycles. The Labute approximate surface area is 125 Å². The highest BCUT2D eigenvalue weighted by Gasteiger charge is 2.32. The van der Waals surface area contributed by atoms with Gasteiger partial charge in [0.1, 0.15) is 0 Å².